The molecule has 0 saturated carbocycles. The van der Waals surface area contributed by atoms with Gasteiger partial charge in [0.2, 0.25) is 0 Å². The number of benzene rings is 1. The zero-order chi connectivity index (χ0) is 10.8. The van der Waals surface area contributed by atoms with Crippen LogP contribution in [0.2, 0.25) is 0 Å². The first-order chi connectivity index (χ1) is 7.20. The van der Waals surface area contributed by atoms with Crippen LogP contribution >= 0.6 is 28.6 Å². The normalized spacial score (nSPS) is 10.3. The van der Waals surface area contributed by atoms with Crippen molar-refractivity contribution in [1.29, 1.82) is 0 Å². The van der Waals surface area contributed by atoms with Gasteiger partial charge in [-0.05, 0) is 30.3 Å². The lowest BCUT2D eigenvalue weighted by atomic mass is 10.2. The van der Waals surface area contributed by atoms with Crippen LogP contribution in [0.15, 0.2) is 44.1 Å². The van der Waals surface area contributed by atoms with Crippen molar-refractivity contribution in [3.05, 3.63) is 40.6 Å². The molecule has 1 heterocycles. The van der Waals surface area contributed by atoms with Gasteiger partial charge in [-0.1, -0.05) is 15.9 Å². The Morgan fingerprint density at radius 1 is 1.27 bits per heavy atom. The van der Waals surface area contributed by atoms with Gasteiger partial charge in [0.25, 0.3) is 0 Å². The molecule has 4 heteroatoms. The number of thiol groups is 1. The third-order valence-corrected chi connectivity index (χ3v) is 2.83. The van der Waals surface area contributed by atoms with E-state index in [-0.39, 0.29) is 0 Å². The van der Waals surface area contributed by atoms with E-state index in [1.807, 2.05) is 18.2 Å². The van der Waals surface area contributed by atoms with E-state index in [2.05, 4.69) is 28.6 Å². The van der Waals surface area contributed by atoms with E-state index >= 15 is 0 Å². The maximum atomic E-state index is 10.5. The lowest BCUT2D eigenvalue weighted by Crippen LogP contribution is -1.77. The van der Waals surface area contributed by atoms with Crippen molar-refractivity contribution < 1.29 is 9.21 Å². The fourth-order valence-electron chi connectivity index (χ4n) is 1.27. The van der Waals surface area contributed by atoms with Crippen LogP contribution in [0.1, 0.15) is 10.6 Å². The molecule has 0 bridgehead atoms. The highest BCUT2D eigenvalue weighted by atomic mass is 79.9. The van der Waals surface area contributed by atoms with Crippen molar-refractivity contribution in [3.8, 4) is 11.3 Å². The number of rotatable bonds is 2. The van der Waals surface area contributed by atoms with E-state index in [0.717, 1.165) is 14.9 Å². The predicted octanol–water partition coefficient (Wildman–Crippen LogP) is 3.81. The van der Waals surface area contributed by atoms with Crippen molar-refractivity contribution in [1.82, 2.24) is 0 Å². The fourth-order valence-corrected chi connectivity index (χ4v) is 2.14. The van der Waals surface area contributed by atoms with Crippen LogP contribution in [-0.4, -0.2) is 6.29 Å². The van der Waals surface area contributed by atoms with Crippen molar-refractivity contribution in [2.45, 2.75) is 4.90 Å². The standard InChI is InChI=1S/C11H7BrO2S/c12-7-1-3-9(11(15)5-7)10-4-2-8(6-13)14-10/h1-6,15H. The highest BCUT2D eigenvalue weighted by Gasteiger charge is 2.07. The summed E-state index contributed by atoms with van der Waals surface area (Å²) in [5.74, 6) is 0.968. The maximum absolute atomic E-state index is 10.5. The second kappa shape index (κ2) is 4.24. The molecule has 15 heavy (non-hydrogen) atoms. The summed E-state index contributed by atoms with van der Waals surface area (Å²) in [6.45, 7) is 0. The molecule has 0 radical (unpaired) electrons. The highest BCUT2D eigenvalue weighted by molar-refractivity contribution is 9.10. The molecule has 0 aliphatic heterocycles. The minimum atomic E-state index is 0.320. The summed E-state index contributed by atoms with van der Waals surface area (Å²) in [6.07, 6.45) is 0.681. The Morgan fingerprint density at radius 2 is 2.07 bits per heavy atom. The number of hydrogen-bond donors (Lipinski definition) is 1. The third kappa shape index (κ3) is 2.16. The van der Waals surface area contributed by atoms with Crippen LogP contribution in [-0.2, 0) is 0 Å². The van der Waals surface area contributed by atoms with Crippen molar-refractivity contribution >= 4 is 34.8 Å². The SMILES string of the molecule is O=Cc1ccc(-c2ccc(Br)cc2S)o1. The van der Waals surface area contributed by atoms with Crippen LogP contribution in [0, 0.1) is 0 Å². The molecule has 0 amide bonds. The third-order valence-electron chi connectivity index (χ3n) is 1.97. The molecular formula is C11H7BrO2S. The molecule has 0 atom stereocenters. The predicted molar refractivity (Wildman–Crippen MR) is 64.5 cm³/mol. The number of aldehydes is 1. The van der Waals surface area contributed by atoms with Gasteiger partial charge in [-0.2, -0.15) is 0 Å². The van der Waals surface area contributed by atoms with Crippen LogP contribution in [0.25, 0.3) is 11.3 Å². The van der Waals surface area contributed by atoms with Crippen LogP contribution < -0.4 is 0 Å². The molecule has 2 rings (SSSR count). The van der Waals surface area contributed by atoms with E-state index < -0.39 is 0 Å². The average molecular weight is 283 g/mol. The van der Waals surface area contributed by atoms with Crippen molar-refractivity contribution in [2.75, 3.05) is 0 Å². The number of halogens is 1. The van der Waals surface area contributed by atoms with Gasteiger partial charge in [0.1, 0.15) is 5.76 Å². The number of carbonyl (C=O) groups excluding carboxylic acids is 1. The quantitative estimate of drug-likeness (QED) is 0.671. The van der Waals surface area contributed by atoms with E-state index in [9.17, 15) is 4.79 Å². The second-order valence-corrected chi connectivity index (χ2v) is 4.38. The van der Waals surface area contributed by atoms with Crippen LogP contribution in [0.3, 0.4) is 0 Å². The summed E-state index contributed by atoms with van der Waals surface area (Å²) in [5, 5.41) is 0. The molecule has 0 aliphatic carbocycles. The minimum absolute atomic E-state index is 0.320. The average Bonchev–Trinajstić information content (AvgIpc) is 2.66. The van der Waals surface area contributed by atoms with Gasteiger partial charge < -0.3 is 4.42 Å². The summed E-state index contributed by atoms with van der Waals surface area (Å²) < 4.78 is 6.26. The van der Waals surface area contributed by atoms with Crippen LogP contribution in [0.5, 0.6) is 0 Å². The van der Waals surface area contributed by atoms with Gasteiger partial charge in [-0.25, -0.2) is 0 Å². The van der Waals surface area contributed by atoms with Crippen molar-refractivity contribution in [3.63, 3.8) is 0 Å². The lowest BCUT2D eigenvalue weighted by Gasteiger charge is -2.01. The van der Waals surface area contributed by atoms with Gasteiger partial charge in [0, 0.05) is 14.9 Å². The number of hydrogen-bond acceptors (Lipinski definition) is 3. The number of carbonyl (C=O) groups is 1. The van der Waals surface area contributed by atoms with Gasteiger partial charge >= 0.3 is 0 Å². The minimum Gasteiger partial charge on any atom is -0.453 e. The molecule has 2 nitrogen and oxygen atoms in total. The highest BCUT2D eigenvalue weighted by Crippen LogP contribution is 2.30. The van der Waals surface area contributed by atoms with E-state index in [1.165, 1.54) is 0 Å². The Hall–Kier alpha value is -1.00. The Labute approximate surface area is 101 Å². The van der Waals surface area contributed by atoms with Gasteiger partial charge in [-0.3, -0.25) is 4.79 Å². The molecule has 0 fully saturated rings. The van der Waals surface area contributed by atoms with E-state index in [4.69, 9.17) is 4.42 Å². The summed E-state index contributed by atoms with van der Waals surface area (Å²) >= 11 is 7.69. The molecule has 76 valence electrons. The summed E-state index contributed by atoms with van der Waals surface area (Å²) in [6, 6.07) is 9.06. The molecule has 2 aromatic rings. The number of furan rings is 1. The topological polar surface area (TPSA) is 30.2 Å². The summed E-state index contributed by atoms with van der Waals surface area (Å²) in [7, 11) is 0. The Balaban J connectivity index is 2.49. The van der Waals surface area contributed by atoms with E-state index in [1.54, 1.807) is 12.1 Å². The van der Waals surface area contributed by atoms with Gasteiger partial charge in [0.05, 0.1) is 0 Å². The second-order valence-electron chi connectivity index (χ2n) is 2.98. The molecule has 0 unspecified atom stereocenters. The Bertz CT molecular complexity index is 505. The van der Waals surface area contributed by atoms with Gasteiger partial charge in [0.15, 0.2) is 12.0 Å². The maximum Gasteiger partial charge on any atom is 0.185 e. The first-order valence-corrected chi connectivity index (χ1v) is 5.48. The Kier molecular flexibility index (Phi) is 2.98. The molecule has 0 aliphatic rings. The summed E-state index contributed by atoms with van der Waals surface area (Å²) in [5.41, 5.74) is 0.870. The largest absolute Gasteiger partial charge is 0.453 e. The Morgan fingerprint density at radius 3 is 2.67 bits per heavy atom. The fraction of sp³-hybridized carbons (Fsp3) is 0. The van der Waals surface area contributed by atoms with E-state index in [0.29, 0.717) is 17.8 Å². The molecule has 0 saturated heterocycles. The zero-order valence-corrected chi connectivity index (χ0v) is 10.1. The first-order valence-electron chi connectivity index (χ1n) is 4.24. The zero-order valence-electron chi connectivity index (χ0n) is 7.61. The first kappa shape index (κ1) is 10.5. The summed E-state index contributed by atoms with van der Waals surface area (Å²) in [4.78, 5) is 11.3. The van der Waals surface area contributed by atoms with Gasteiger partial charge in [-0.15, -0.1) is 12.6 Å². The van der Waals surface area contributed by atoms with Crippen LogP contribution in [0.4, 0.5) is 0 Å². The smallest absolute Gasteiger partial charge is 0.185 e. The molecule has 0 spiro atoms. The van der Waals surface area contributed by atoms with Crippen molar-refractivity contribution in [2.24, 2.45) is 0 Å². The molecule has 1 aromatic heterocycles. The molecule has 1 aromatic carbocycles. The molecular weight excluding hydrogens is 276 g/mol. The molecule has 0 N–H and O–H groups in total. The lowest BCUT2D eigenvalue weighted by molar-refractivity contribution is 0.110. The monoisotopic (exact) mass is 282 g/mol.